The van der Waals surface area contributed by atoms with Crippen LogP contribution in [0.15, 0.2) is 36.5 Å². The van der Waals surface area contributed by atoms with E-state index >= 15 is 0 Å². The zero-order valence-corrected chi connectivity index (χ0v) is 13.1. The van der Waals surface area contributed by atoms with E-state index in [1.165, 1.54) is 17.8 Å². The van der Waals surface area contributed by atoms with Crippen molar-refractivity contribution in [2.75, 3.05) is 5.32 Å². The zero-order chi connectivity index (χ0) is 15.1. The Hall–Kier alpha value is -1.72. The van der Waals surface area contributed by atoms with Crippen LogP contribution in [-0.2, 0) is 4.79 Å². The third-order valence-electron chi connectivity index (χ3n) is 5.08. The molecule has 0 aliphatic heterocycles. The first-order valence-corrected chi connectivity index (χ1v) is 8.62. The SMILES string of the molecule is NC1C2CCC(C2)C1C(=O)Nc1ncc(-c2ccccc2)s1. The molecule has 0 saturated heterocycles. The Balaban J connectivity index is 1.48. The van der Waals surface area contributed by atoms with Crippen LogP contribution in [0, 0.1) is 17.8 Å². The monoisotopic (exact) mass is 313 g/mol. The topological polar surface area (TPSA) is 68.0 Å². The first-order valence-electron chi connectivity index (χ1n) is 7.80. The fraction of sp³-hybridized carbons (Fsp3) is 0.412. The molecular weight excluding hydrogens is 294 g/mol. The Kier molecular flexibility index (Phi) is 3.47. The summed E-state index contributed by atoms with van der Waals surface area (Å²) >= 11 is 1.51. The highest BCUT2D eigenvalue weighted by molar-refractivity contribution is 7.19. The molecule has 5 heteroatoms. The van der Waals surface area contributed by atoms with Crippen LogP contribution in [0.4, 0.5) is 5.13 Å². The van der Waals surface area contributed by atoms with E-state index < -0.39 is 0 Å². The Morgan fingerprint density at radius 1 is 1.23 bits per heavy atom. The van der Waals surface area contributed by atoms with Crippen LogP contribution >= 0.6 is 11.3 Å². The number of aromatic nitrogens is 1. The third-order valence-corrected chi connectivity index (χ3v) is 6.04. The van der Waals surface area contributed by atoms with Crippen LogP contribution in [0.3, 0.4) is 0 Å². The van der Waals surface area contributed by atoms with E-state index in [-0.39, 0.29) is 17.9 Å². The van der Waals surface area contributed by atoms with Gasteiger partial charge in [0.15, 0.2) is 5.13 Å². The molecule has 2 saturated carbocycles. The van der Waals surface area contributed by atoms with Crippen molar-refractivity contribution in [3.8, 4) is 10.4 Å². The number of nitrogens with one attached hydrogen (secondary N) is 1. The van der Waals surface area contributed by atoms with Gasteiger partial charge in [0.25, 0.3) is 0 Å². The molecule has 114 valence electrons. The van der Waals surface area contributed by atoms with Gasteiger partial charge in [-0.05, 0) is 36.7 Å². The van der Waals surface area contributed by atoms with Gasteiger partial charge in [-0.2, -0.15) is 0 Å². The molecule has 2 bridgehead atoms. The maximum absolute atomic E-state index is 12.5. The Morgan fingerprint density at radius 3 is 2.73 bits per heavy atom. The number of carbonyl (C=O) groups excluding carboxylic acids is 1. The molecule has 3 N–H and O–H groups in total. The first-order chi connectivity index (χ1) is 10.7. The summed E-state index contributed by atoms with van der Waals surface area (Å²) in [5.74, 6) is 1.02. The highest BCUT2D eigenvalue weighted by Gasteiger charge is 2.49. The van der Waals surface area contributed by atoms with Gasteiger partial charge < -0.3 is 11.1 Å². The Labute approximate surface area is 133 Å². The molecule has 1 heterocycles. The van der Waals surface area contributed by atoms with E-state index in [1.807, 2.05) is 36.5 Å². The van der Waals surface area contributed by atoms with Crippen molar-refractivity contribution in [3.05, 3.63) is 36.5 Å². The van der Waals surface area contributed by atoms with Gasteiger partial charge in [-0.3, -0.25) is 4.79 Å². The third kappa shape index (κ3) is 2.34. The molecule has 4 unspecified atom stereocenters. The van der Waals surface area contributed by atoms with Crippen molar-refractivity contribution < 1.29 is 4.79 Å². The van der Waals surface area contributed by atoms with Crippen LogP contribution in [0.2, 0.25) is 0 Å². The van der Waals surface area contributed by atoms with Gasteiger partial charge >= 0.3 is 0 Å². The van der Waals surface area contributed by atoms with Gasteiger partial charge in [0.05, 0.1) is 10.8 Å². The fourth-order valence-corrected chi connectivity index (χ4v) is 4.81. The second kappa shape index (κ2) is 5.48. The second-order valence-electron chi connectivity index (χ2n) is 6.32. The maximum atomic E-state index is 12.5. The molecule has 22 heavy (non-hydrogen) atoms. The lowest BCUT2D eigenvalue weighted by Gasteiger charge is -2.26. The van der Waals surface area contributed by atoms with Gasteiger partial charge in [-0.1, -0.05) is 41.7 Å². The molecule has 0 radical (unpaired) electrons. The van der Waals surface area contributed by atoms with E-state index in [2.05, 4.69) is 10.3 Å². The number of benzene rings is 1. The lowest BCUT2D eigenvalue weighted by atomic mass is 9.84. The number of thiazole rings is 1. The van der Waals surface area contributed by atoms with E-state index in [1.54, 1.807) is 0 Å². The van der Waals surface area contributed by atoms with E-state index in [0.29, 0.717) is 17.0 Å². The molecule has 4 rings (SSSR count). The summed E-state index contributed by atoms with van der Waals surface area (Å²) < 4.78 is 0. The van der Waals surface area contributed by atoms with Crippen molar-refractivity contribution >= 4 is 22.4 Å². The minimum absolute atomic E-state index is 0.0207. The number of amides is 1. The number of carbonyl (C=O) groups is 1. The molecule has 4 nitrogen and oxygen atoms in total. The van der Waals surface area contributed by atoms with Crippen molar-refractivity contribution in [3.63, 3.8) is 0 Å². The Bertz CT molecular complexity index is 682. The molecule has 2 aliphatic carbocycles. The summed E-state index contributed by atoms with van der Waals surface area (Å²) in [4.78, 5) is 17.9. The van der Waals surface area contributed by atoms with Gasteiger partial charge in [0.2, 0.25) is 5.91 Å². The molecule has 0 spiro atoms. The molecule has 1 amide bonds. The van der Waals surface area contributed by atoms with Crippen LogP contribution in [-0.4, -0.2) is 16.9 Å². The van der Waals surface area contributed by atoms with Gasteiger partial charge in [-0.25, -0.2) is 4.98 Å². The minimum atomic E-state index is -0.0391. The van der Waals surface area contributed by atoms with Crippen molar-refractivity contribution in [2.24, 2.45) is 23.5 Å². The van der Waals surface area contributed by atoms with E-state index in [9.17, 15) is 4.79 Å². The highest BCUT2D eigenvalue weighted by atomic mass is 32.1. The lowest BCUT2D eigenvalue weighted by molar-refractivity contribution is -0.121. The normalized spacial score (nSPS) is 29.7. The number of anilines is 1. The average Bonchev–Trinajstić information content (AvgIpc) is 3.23. The number of nitrogens with zero attached hydrogens (tertiary/aromatic N) is 1. The predicted octanol–water partition coefficient (Wildman–Crippen LogP) is 3.12. The highest BCUT2D eigenvalue weighted by Crippen LogP contribution is 2.48. The molecule has 2 fully saturated rings. The molecule has 2 aliphatic rings. The second-order valence-corrected chi connectivity index (χ2v) is 7.35. The summed E-state index contributed by atoms with van der Waals surface area (Å²) in [6.45, 7) is 0. The van der Waals surface area contributed by atoms with Crippen LogP contribution in [0.25, 0.3) is 10.4 Å². The van der Waals surface area contributed by atoms with Crippen LogP contribution in [0.5, 0.6) is 0 Å². The summed E-state index contributed by atoms with van der Waals surface area (Å²) in [6, 6.07) is 10.1. The number of hydrogen-bond acceptors (Lipinski definition) is 4. The minimum Gasteiger partial charge on any atom is -0.327 e. The average molecular weight is 313 g/mol. The summed E-state index contributed by atoms with van der Waals surface area (Å²) in [6.07, 6.45) is 5.26. The van der Waals surface area contributed by atoms with Gasteiger partial charge in [0, 0.05) is 12.2 Å². The molecule has 4 atom stereocenters. The largest absolute Gasteiger partial charge is 0.327 e. The zero-order valence-electron chi connectivity index (χ0n) is 12.2. The molecule has 1 aromatic carbocycles. The number of rotatable bonds is 3. The van der Waals surface area contributed by atoms with Crippen molar-refractivity contribution in [2.45, 2.75) is 25.3 Å². The van der Waals surface area contributed by atoms with Crippen LogP contribution < -0.4 is 11.1 Å². The summed E-state index contributed by atoms with van der Waals surface area (Å²) in [5.41, 5.74) is 7.36. The van der Waals surface area contributed by atoms with Crippen molar-refractivity contribution in [1.29, 1.82) is 0 Å². The molecule has 1 aromatic heterocycles. The smallest absolute Gasteiger partial charge is 0.231 e. The first kappa shape index (κ1) is 13.9. The summed E-state index contributed by atoms with van der Waals surface area (Å²) in [7, 11) is 0. The maximum Gasteiger partial charge on any atom is 0.231 e. The number of nitrogens with two attached hydrogens (primary N) is 1. The van der Waals surface area contributed by atoms with Crippen molar-refractivity contribution in [1.82, 2.24) is 4.98 Å². The summed E-state index contributed by atoms with van der Waals surface area (Å²) in [5, 5.41) is 3.64. The fourth-order valence-electron chi connectivity index (χ4n) is 3.98. The quantitative estimate of drug-likeness (QED) is 0.915. The van der Waals surface area contributed by atoms with E-state index in [0.717, 1.165) is 23.3 Å². The van der Waals surface area contributed by atoms with Gasteiger partial charge in [0.1, 0.15) is 0 Å². The number of fused-ring (bicyclic) bond motifs is 2. The standard InChI is InChI=1S/C17H19N3OS/c18-15-12-7-6-11(8-12)14(15)16(21)20-17-19-9-13(22-17)10-4-2-1-3-5-10/h1-5,9,11-12,14-15H,6-8,18H2,(H,19,20,21). The Morgan fingerprint density at radius 2 is 2.00 bits per heavy atom. The molecule has 2 aromatic rings. The van der Waals surface area contributed by atoms with Crippen LogP contribution in [0.1, 0.15) is 19.3 Å². The van der Waals surface area contributed by atoms with Gasteiger partial charge in [-0.15, -0.1) is 0 Å². The lowest BCUT2D eigenvalue weighted by Crippen LogP contribution is -2.42. The van der Waals surface area contributed by atoms with E-state index in [4.69, 9.17) is 5.73 Å². The molecular formula is C17H19N3OS. The predicted molar refractivity (Wildman–Crippen MR) is 88.5 cm³/mol. The number of hydrogen-bond donors (Lipinski definition) is 2.